The van der Waals surface area contributed by atoms with Gasteiger partial charge < -0.3 is 4.42 Å². The molecular weight excluding hydrogens is 414 g/mol. The molecule has 1 N–H and O–H groups in total. The zero-order valence-corrected chi connectivity index (χ0v) is 17.4. The second-order valence-corrected chi connectivity index (χ2v) is 8.97. The van der Waals surface area contributed by atoms with Crippen molar-refractivity contribution in [3.8, 4) is 11.5 Å². The van der Waals surface area contributed by atoms with Gasteiger partial charge in [0.25, 0.3) is 0 Å². The smallest absolute Gasteiger partial charge is 0.322 e. The van der Waals surface area contributed by atoms with Crippen molar-refractivity contribution in [1.29, 1.82) is 0 Å². The molecular formula is C23H19N3O4S. The number of sulfone groups is 1. The van der Waals surface area contributed by atoms with Crippen LogP contribution in [0.3, 0.4) is 0 Å². The van der Waals surface area contributed by atoms with Crippen molar-refractivity contribution in [3.63, 3.8) is 0 Å². The molecule has 1 heterocycles. The van der Waals surface area contributed by atoms with Crippen LogP contribution in [0.25, 0.3) is 11.5 Å². The topological polar surface area (TPSA) is 102 Å². The van der Waals surface area contributed by atoms with Crippen LogP contribution in [0.15, 0.2) is 94.2 Å². The fourth-order valence-corrected chi connectivity index (χ4v) is 3.83. The molecule has 0 aliphatic heterocycles. The Bertz CT molecular complexity index is 1250. The van der Waals surface area contributed by atoms with E-state index in [0.717, 1.165) is 17.4 Å². The number of carbonyl (C=O) groups is 1. The van der Waals surface area contributed by atoms with Crippen LogP contribution >= 0.6 is 0 Å². The minimum atomic E-state index is -3.30. The summed E-state index contributed by atoms with van der Waals surface area (Å²) in [4.78, 5) is 13.3. The summed E-state index contributed by atoms with van der Waals surface area (Å²) in [7, 11) is -3.30. The van der Waals surface area contributed by atoms with Gasteiger partial charge in [-0.15, -0.1) is 5.10 Å². The van der Waals surface area contributed by atoms with Gasteiger partial charge in [0.05, 0.1) is 10.8 Å². The fourth-order valence-electron chi connectivity index (χ4n) is 3.20. The Labute approximate surface area is 179 Å². The highest BCUT2D eigenvalue weighted by atomic mass is 32.2. The van der Waals surface area contributed by atoms with Gasteiger partial charge in [0.1, 0.15) is 0 Å². The molecule has 0 saturated heterocycles. The van der Waals surface area contributed by atoms with E-state index < -0.39 is 15.8 Å². The van der Waals surface area contributed by atoms with Gasteiger partial charge >= 0.3 is 6.01 Å². The van der Waals surface area contributed by atoms with Crippen LogP contribution in [-0.4, -0.2) is 30.8 Å². The van der Waals surface area contributed by atoms with E-state index in [1.165, 1.54) is 12.1 Å². The lowest BCUT2D eigenvalue weighted by molar-refractivity contribution is -0.116. The van der Waals surface area contributed by atoms with Crippen LogP contribution in [0.4, 0.5) is 6.01 Å². The molecule has 0 aliphatic rings. The van der Waals surface area contributed by atoms with Gasteiger partial charge in [-0.25, -0.2) is 8.42 Å². The first-order valence-corrected chi connectivity index (χ1v) is 11.4. The Hall–Kier alpha value is -3.78. The van der Waals surface area contributed by atoms with Crippen molar-refractivity contribution < 1.29 is 17.6 Å². The summed E-state index contributed by atoms with van der Waals surface area (Å²) in [5, 5.41) is 10.6. The third-order valence-electron chi connectivity index (χ3n) is 4.71. The third kappa shape index (κ3) is 4.70. The first kappa shape index (κ1) is 20.5. The van der Waals surface area contributed by atoms with E-state index in [9.17, 15) is 13.2 Å². The maximum absolute atomic E-state index is 13.1. The zero-order chi connectivity index (χ0) is 21.8. The second-order valence-electron chi connectivity index (χ2n) is 6.95. The van der Waals surface area contributed by atoms with Crippen molar-refractivity contribution in [2.24, 2.45) is 0 Å². The van der Waals surface area contributed by atoms with E-state index >= 15 is 0 Å². The molecule has 4 rings (SSSR count). The van der Waals surface area contributed by atoms with E-state index in [0.29, 0.717) is 5.56 Å². The predicted molar refractivity (Wildman–Crippen MR) is 116 cm³/mol. The van der Waals surface area contributed by atoms with Crippen molar-refractivity contribution in [2.45, 2.75) is 10.8 Å². The van der Waals surface area contributed by atoms with Crippen molar-refractivity contribution in [3.05, 3.63) is 96.1 Å². The number of benzene rings is 3. The Balaban J connectivity index is 1.57. The predicted octanol–water partition coefficient (Wildman–Crippen LogP) is 3.91. The summed E-state index contributed by atoms with van der Waals surface area (Å²) in [5.41, 5.74) is 2.22. The standard InChI is InChI=1S/C23H19N3O4S/c1-31(28,29)19-14-12-18(13-15-19)22-25-26-23(30-22)24-21(27)20(16-8-4-2-5-9-16)17-10-6-3-7-11-17/h2-15,20H,1H3,(H,24,26,27). The molecule has 4 aromatic rings. The van der Waals surface area contributed by atoms with E-state index in [4.69, 9.17) is 4.42 Å². The normalized spacial score (nSPS) is 11.4. The van der Waals surface area contributed by atoms with Crippen LogP contribution in [0.2, 0.25) is 0 Å². The van der Waals surface area contributed by atoms with Crippen LogP contribution in [0, 0.1) is 0 Å². The number of aromatic nitrogens is 2. The number of carbonyl (C=O) groups excluding carboxylic acids is 1. The minimum Gasteiger partial charge on any atom is -0.403 e. The van der Waals surface area contributed by atoms with E-state index in [1.54, 1.807) is 12.1 Å². The van der Waals surface area contributed by atoms with Crippen LogP contribution in [0.5, 0.6) is 0 Å². The summed E-state index contributed by atoms with van der Waals surface area (Å²) < 4.78 is 28.8. The number of anilines is 1. The number of rotatable bonds is 6. The van der Waals surface area contributed by atoms with Crippen molar-refractivity contribution in [1.82, 2.24) is 10.2 Å². The SMILES string of the molecule is CS(=O)(=O)c1ccc(-c2nnc(NC(=O)C(c3ccccc3)c3ccccc3)o2)cc1. The molecule has 7 nitrogen and oxygen atoms in total. The number of nitrogens with one attached hydrogen (secondary N) is 1. The Morgan fingerprint density at radius 2 is 1.39 bits per heavy atom. The Kier molecular flexibility index (Phi) is 5.64. The molecule has 0 radical (unpaired) electrons. The van der Waals surface area contributed by atoms with Crippen molar-refractivity contribution >= 4 is 21.8 Å². The van der Waals surface area contributed by atoms with Gasteiger partial charge in [-0.05, 0) is 35.4 Å². The van der Waals surface area contributed by atoms with Gasteiger partial charge in [0.2, 0.25) is 11.8 Å². The highest BCUT2D eigenvalue weighted by Crippen LogP contribution is 2.27. The molecule has 1 aromatic heterocycles. The molecule has 1 amide bonds. The van der Waals surface area contributed by atoms with Gasteiger partial charge in [-0.2, -0.15) is 0 Å². The third-order valence-corrected chi connectivity index (χ3v) is 5.84. The largest absolute Gasteiger partial charge is 0.403 e. The van der Waals surface area contributed by atoms with Crippen molar-refractivity contribution in [2.75, 3.05) is 11.6 Å². The summed E-state index contributed by atoms with van der Waals surface area (Å²) in [5.74, 6) is -0.682. The number of hydrogen-bond acceptors (Lipinski definition) is 6. The summed E-state index contributed by atoms with van der Waals surface area (Å²) in [6.07, 6.45) is 1.14. The average Bonchev–Trinajstić information content (AvgIpc) is 3.23. The lowest BCUT2D eigenvalue weighted by atomic mass is 9.90. The minimum absolute atomic E-state index is 0.0379. The van der Waals surface area contributed by atoms with Gasteiger partial charge in [0, 0.05) is 11.8 Å². The molecule has 31 heavy (non-hydrogen) atoms. The summed E-state index contributed by atoms with van der Waals surface area (Å²) in [6.45, 7) is 0. The molecule has 0 aliphatic carbocycles. The monoisotopic (exact) mass is 433 g/mol. The molecule has 156 valence electrons. The molecule has 0 fully saturated rings. The lowest BCUT2D eigenvalue weighted by Crippen LogP contribution is -2.22. The van der Waals surface area contributed by atoms with Gasteiger partial charge in [-0.3, -0.25) is 10.1 Å². The maximum atomic E-state index is 13.1. The van der Waals surface area contributed by atoms with E-state index in [1.807, 2.05) is 60.7 Å². The molecule has 0 saturated carbocycles. The number of hydrogen-bond donors (Lipinski definition) is 1. The van der Waals surface area contributed by atoms with Gasteiger partial charge in [-0.1, -0.05) is 65.8 Å². The summed E-state index contributed by atoms with van der Waals surface area (Å²) >= 11 is 0. The molecule has 8 heteroatoms. The lowest BCUT2D eigenvalue weighted by Gasteiger charge is -2.16. The number of amides is 1. The maximum Gasteiger partial charge on any atom is 0.322 e. The molecule has 0 atom stereocenters. The zero-order valence-electron chi connectivity index (χ0n) is 16.6. The number of nitrogens with zero attached hydrogens (tertiary/aromatic N) is 2. The quantitative estimate of drug-likeness (QED) is 0.495. The molecule has 0 spiro atoms. The highest BCUT2D eigenvalue weighted by Gasteiger charge is 2.24. The van der Waals surface area contributed by atoms with Crippen LogP contribution in [-0.2, 0) is 14.6 Å². The fraction of sp³-hybridized carbons (Fsp3) is 0.0870. The van der Waals surface area contributed by atoms with Crippen LogP contribution in [0.1, 0.15) is 17.0 Å². The van der Waals surface area contributed by atoms with Gasteiger partial charge in [0.15, 0.2) is 9.84 Å². The average molecular weight is 433 g/mol. The Morgan fingerprint density at radius 1 is 0.839 bits per heavy atom. The van der Waals surface area contributed by atoms with Crippen LogP contribution < -0.4 is 5.32 Å². The first-order chi connectivity index (χ1) is 14.9. The molecule has 3 aromatic carbocycles. The summed E-state index contributed by atoms with van der Waals surface area (Å²) in [6, 6.07) is 24.9. The molecule has 0 unspecified atom stereocenters. The van der Waals surface area contributed by atoms with E-state index in [2.05, 4.69) is 15.5 Å². The van der Waals surface area contributed by atoms with E-state index in [-0.39, 0.29) is 22.7 Å². The molecule has 0 bridgehead atoms. The highest BCUT2D eigenvalue weighted by molar-refractivity contribution is 7.90. The Morgan fingerprint density at radius 3 is 1.90 bits per heavy atom. The second kappa shape index (κ2) is 8.53. The first-order valence-electron chi connectivity index (χ1n) is 9.46.